The van der Waals surface area contributed by atoms with Gasteiger partial charge < -0.3 is 4.48 Å². The molecule has 1 nitrogen and oxygen atoms in total. The molecule has 0 bridgehead atoms. The Morgan fingerprint density at radius 3 is 1.96 bits per heavy atom. The van der Waals surface area contributed by atoms with E-state index in [1.54, 1.807) is 0 Å². The third-order valence-electron chi connectivity index (χ3n) is 5.76. The van der Waals surface area contributed by atoms with Gasteiger partial charge >= 0.3 is 0 Å². The molecular weight excluding hydrogens is 477 g/mol. The van der Waals surface area contributed by atoms with Crippen molar-refractivity contribution < 1.29 is 4.48 Å². The molecule has 28 heavy (non-hydrogen) atoms. The lowest BCUT2D eigenvalue weighted by Crippen LogP contribution is -2.55. The van der Waals surface area contributed by atoms with Gasteiger partial charge in [0.1, 0.15) is 10.6 Å². The Balaban J connectivity index is 2.84. The first-order valence-corrected chi connectivity index (χ1v) is 12.9. The smallest absolute Gasteiger partial charge is 0.144 e. The van der Waals surface area contributed by atoms with Gasteiger partial charge in [-0.05, 0) is 65.8 Å². The van der Waals surface area contributed by atoms with Crippen molar-refractivity contribution in [2.75, 3.05) is 19.6 Å². The van der Waals surface area contributed by atoms with Crippen molar-refractivity contribution in [1.82, 2.24) is 0 Å². The van der Waals surface area contributed by atoms with E-state index in [0.717, 1.165) is 22.5 Å². The second kappa shape index (κ2) is 15.6. The summed E-state index contributed by atoms with van der Waals surface area (Å²) >= 11 is 9.12. The number of terminal acetylenes is 1. The maximum absolute atomic E-state index is 6.47. The average Bonchev–Trinajstić information content (AvgIpc) is 2.69. The second-order valence-electron chi connectivity index (χ2n) is 8.09. The molecule has 1 rings (SSSR count). The van der Waals surface area contributed by atoms with Crippen LogP contribution >= 0.6 is 34.2 Å². The van der Waals surface area contributed by atoms with Crippen LogP contribution in [0.1, 0.15) is 83.6 Å². The highest BCUT2D eigenvalue weighted by Gasteiger charge is 2.34. The summed E-state index contributed by atoms with van der Waals surface area (Å²) in [6, 6.07) is 8.28. The van der Waals surface area contributed by atoms with E-state index >= 15 is 0 Å². The zero-order chi connectivity index (χ0) is 20.7. The summed E-state index contributed by atoms with van der Waals surface area (Å²) in [4.78, 5) is 0. The molecule has 0 aliphatic rings. The van der Waals surface area contributed by atoms with Crippen molar-refractivity contribution in [3.8, 4) is 12.3 Å². The van der Waals surface area contributed by atoms with Gasteiger partial charge in [0.2, 0.25) is 0 Å². The van der Waals surface area contributed by atoms with Crippen molar-refractivity contribution in [2.45, 2.75) is 88.5 Å². The van der Waals surface area contributed by atoms with Gasteiger partial charge in [0, 0.05) is 11.4 Å². The van der Waals surface area contributed by atoms with Gasteiger partial charge in [-0.2, -0.15) is 0 Å². The Hall–Kier alpha value is -0.240. The summed E-state index contributed by atoms with van der Waals surface area (Å²) in [5.41, 5.74) is 1.25. The number of rotatable bonds is 16. The van der Waals surface area contributed by atoms with Gasteiger partial charge in [-0.15, -0.1) is 6.42 Å². The summed E-state index contributed by atoms with van der Waals surface area (Å²) in [7, 11) is 0. The van der Waals surface area contributed by atoms with Crippen molar-refractivity contribution >= 4 is 34.2 Å². The van der Waals surface area contributed by atoms with Gasteiger partial charge in [0.15, 0.2) is 0 Å². The van der Waals surface area contributed by atoms with E-state index in [-0.39, 0.29) is 0 Å². The highest BCUT2D eigenvalue weighted by molar-refractivity contribution is 14.1. The van der Waals surface area contributed by atoms with Crippen molar-refractivity contribution in [1.29, 1.82) is 0 Å². The van der Waals surface area contributed by atoms with E-state index < -0.39 is 0 Å². The first-order valence-electron chi connectivity index (χ1n) is 11.3. The van der Waals surface area contributed by atoms with E-state index in [9.17, 15) is 0 Å². The van der Waals surface area contributed by atoms with E-state index in [1.807, 2.05) is 12.1 Å². The van der Waals surface area contributed by atoms with E-state index in [1.165, 1.54) is 82.9 Å². The fourth-order valence-electron chi connectivity index (χ4n) is 3.93. The fourth-order valence-corrected chi connectivity index (χ4v) is 5.37. The van der Waals surface area contributed by atoms with Gasteiger partial charge in [0.25, 0.3) is 0 Å². The molecule has 0 aliphatic carbocycles. The lowest BCUT2D eigenvalue weighted by atomic mass is 10.1. The molecule has 0 amide bonds. The van der Waals surface area contributed by atoms with E-state index in [2.05, 4.69) is 54.5 Å². The van der Waals surface area contributed by atoms with Crippen LogP contribution in [0.2, 0.25) is 5.02 Å². The summed E-state index contributed by atoms with van der Waals surface area (Å²) in [5, 5.41) is 0.883. The highest BCUT2D eigenvalue weighted by atomic mass is 127. The number of alkyl halides is 1. The Bertz CT molecular complexity index is 552. The average molecular weight is 517 g/mol. The zero-order valence-electron chi connectivity index (χ0n) is 18.1. The Morgan fingerprint density at radius 2 is 1.46 bits per heavy atom. The molecule has 0 saturated carbocycles. The van der Waals surface area contributed by atoms with E-state index in [0.29, 0.717) is 4.05 Å². The molecule has 0 heterocycles. The number of nitrogens with zero attached hydrogens (tertiary/aromatic N) is 1. The van der Waals surface area contributed by atoms with Crippen LogP contribution in [0.4, 0.5) is 0 Å². The Morgan fingerprint density at radius 1 is 0.929 bits per heavy atom. The molecule has 1 unspecified atom stereocenters. The van der Waals surface area contributed by atoms with Crippen LogP contribution in [0.25, 0.3) is 0 Å². The molecule has 0 aromatic heterocycles. The van der Waals surface area contributed by atoms with Crippen LogP contribution in [-0.4, -0.2) is 28.2 Å². The van der Waals surface area contributed by atoms with Crippen molar-refractivity contribution in [3.05, 3.63) is 34.9 Å². The number of halogens is 2. The van der Waals surface area contributed by atoms with Crippen LogP contribution in [0.15, 0.2) is 24.3 Å². The Kier molecular flexibility index (Phi) is 14.4. The van der Waals surface area contributed by atoms with Gasteiger partial charge in [-0.1, -0.05) is 82.2 Å². The fraction of sp³-hybridized carbons (Fsp3) is 0.680. The van der Waals surface area contributed by atoms with Crippen molar-refractivity contribution in [2.24, 2.45) is 0 Å². The molecule has 0 radical (unpaired) electrons. The minimum atomic E-state index is 0.464. The molecule has 1 aromatic rings. The standard InChI is InChI=1S/C25H40ClIN/c1-4-7-9-11-15-20-28(19-6-3,21-16-12-10-8-5-2)25(27)22-23-17-13-14-18-24(23)26/h3,13-14,17-18,25H,4-5,7-12,15-16,19-22H2,1-2H3/q+1. The number of unbranched alkanes of at least 4 members (excludes halogenated alkanes) is 8. The van der Waals surface area contributed by atoms with Crippen LogP contribution in [0.5, 0.6) is 0 Å². The zero-order valence-corrected chi connectivity index (χ0v) is 21.0. The first-order chi connectivity index (χ1) is 13.6. The number of hydrogen-bond donors (Lipinski definition) is 0. The predicted octanol–water partition coefficient (Wildman–Crippen LogP) is 8.03. The second-order valence-corrected chi connectivity index (χ2v) is 9.93. The highest BCUT2D eigenvalue weighted by Crippen LogP contribution is 2.29. The minimum absolute atomic E-state index is 0.464. The molecule has 3 heteroatoms. The monoisotopic (exact) mass is 516 g/mol. The summed E-state index contributed by atoms with van der Waals surface area (Å²) < 4.78 is 1.51. The summed E-state index contributed by atoms with van der Waals surface area (Å²) in [6.45, 7) is 7.78. The van der Waals surface area contributed by atoms with Gasteiger partial charge in [0.05, 0.1) is 13.1 Å². The van der Waals surface area contributed by atoms with Gasteiger partial charge in [-0.25, -0.2) is 0 Å². The normalized spacial score (nSPS) is 12.7. The molecule has 0 spiro atoms. The third kappa shape index (κ3) is 9.51. The summed E-state index contributed by atoms with van der Waals surface area (Å²) in [6.07, 6.45) is 20.1. The molecule has 0 saturated heterocycles. The quantitative estimate of drug-likeness (QED) is 0.0521. The van der Waals surface area contributed by atoms with Crippen molar-refractivity contribution in [3.63, 3.8) is 0 Å². The SMILES string of the molecule is C#CC[N+](CCCCCCC)(CCCCCCC)C(I)Cc1ccccc1Cl. The molecule has 1 atom stereocenters. The molecule has 0 N–H and O–H groups in total. The maximum atomic E-state index is 6.47. The molecule has 158 valence electrons. The lowest BCUT2D eigenvalue weighted by molar-refractivity contribution is -0.927. The number of benzene rings is 1. The maximum Gasteiger partial charge on any atom is 0.144 e. The third-order valence-corrected chi connectivity index (χ3v) is 7.75. The predicted molar refractivity (Wildman–Crippen MR) is 134 cm³/mol. The molecular formula is C25H40ClIN+. The van der Waals surface area contributed by atoms with E-state index in [4.69, 9.17) is 18.0 Å². The van der Waals surface area contributed by atoms with Crippen LogP contribution < -0.4 is 0 Å². The van der Waals surface area contributed by atoms with Crippen LogP contribution in [-0.2, 0) is 6.42 Å². The topological polar surface area (TPSA) is 0 Å². The number of hydrogen-bond acceptors (Lipinski definition) is 0. The number of quaternary nitrogens is 1. The lowest BCUT2D eigenvalue weighted by Gasteiger charge is -2.42. The largest absolute Gasteiger partial charge is 0.303 e. The first kappa shape index (κ1) is 25.8. The van der Waals surface area contributed by atoms with Crippen LogP contribution in [0, 0.1) is 12.3 Å². The summed E-state index contributed by atoms with van der Waals surface area (Å²) in [5.74, 6) is 3.03. The van der Waals surface area contributed by atoms with Crippen LogP contribution in [0.3, 0.4) is 0 Å². The van der Waals surface area contributed by atoms with Gasteiger partial charge in [-0.3, -0.25) is 0 Å². The Labute approximate surface area is 193 Å². The molecule has 1 aromatic carbocycles. The minimum Gasteiger partial charge on any atom is -0.303 e. The molecule has 0 fully saturated rings. The molecule has 0 aliphatic heterocycles.